The highest BCUT2D eigenvalue weighted by atomic mass is 19.1. The van der Waals surface area contributed by atoms with E-state index in [1.165, 1.54) is 19.3 Å². The largest absolute Gasteiger partial charge is 0.329 e. The Balaban J connectivity index is 0.000000594. The number of nitrogens with zero attached hydrogens (tertiary/aromatic N) is 1. The number of halogens is 1. The van der Waals surface area contributed by atoms with Crippen LogP contribution in [0.1, 0.15) is 87.8 Å². The number of carbonyl (C=O) groups excluding carboxylic acids is 1. The number of amides is 1. The molecule has 3 heteroatoms. The molecule has 1 aliphatic heterocycles. The predicted molar refractivity (Wildman–Crippen MR) is 97.8 cm³/mol. The lowest BCUT2D eigenvalue weighted by Gasteiger charge is -2.22. The van der Waals surface area contributed by atoms with Crippen LogP contribution in [-0.2, 0) is 0 Å². The number of benzene rings is 1. The van der Waals surface area contributed by atoms with Crippen LogP contribution in [-0.4, -0.2) is 24.0 Å². The van der Waals surface area contributed by atoms with E-state index in [2.05, 4.69) is 13.8 Å². The van der Waals surface area contributed by atoms with Gasteiger partial charge in [-0.25, -0.2) is 4.39 Å². The van der Waals surface area contributed by atoms with Crippen LogP contribution < -0.4 is 0 Å². The third-order valence-corrected chi connectivity index (χ3v) is 3.93. The van der Waals surface area contributed by atoms with Crippen LogP contribution >= 0.6 is 0 Å². The normalized spacial score (nSPS) is 15.3. The second-order valence-electron chi connectivity index (χ2n) is 5.50. The molecule has 2 nitrogen and oxygen atoms in total. The third kappa shape index (κ3) is 5.63. The van der Waals surface area contributed by atoms with Crippen molar-refractivity contribution in [2.45, 2.75) is 73.3 Å². The minimum Gasteiger partial charge on any atom is -0.329 e. The van der Waals surface area contributed by atoms with Crippen molar-refractivity contribution in [3.8, 4) is 0 Å². The topological polar surface area (TPSA) is 20.3 Å². The molecule has 23 heavy (non-hydrogen) atoms. The lowest BCUT2D eigenvalue weighted by atomic mass is 9.99. The predicted octanol–water partition coefficient (Wildman–Crippen LogP) is 6.09. The van der Waals surface area contributed by atoms with Crippen molar-refractivity contribution in [2.24, 2.45) is 0 Å². The maximum Gasteiger partial charge on any atom is 0.255 e. The maximum atomic E-state index is 12.5. The van der Waals surface area contributed by atoms with Gasteiger partial charge in [-0.1, -0.05) is 72.1 Å². The first-order valence-electron chi connectivity index (χ1n) is 9.08. The number of hydrogen-bond donors (Lipinski definition) is 0. The molecular weight excluding hydrogens is 289 g/mol. The van der Waals surface area contributed by atoms with Crippen LogP contribution in [0.3, 0.4) is 0 Å². The van der Waals surface area contributed by atoms with E-state index >= 15 is 0 Å². The minimum atomic E-state index is -0.477. The number of unbranched alkanes of at least 4 members (excludes halogenated alkanes) is 2. The van der Waals surface area contributed by atoms with Crippen LogP contribution in [0.5, 0.6) is 0 Å². The molecule has 0 bridgehead atoms. The average molecular weight is 323 g/mol. The highest BCUT2D eigenvalue weighted by molar-refractivity contribution is 6.00. The van der Waals surface area contributed by atoms with Crippen molar-refractivity contribution in [3.63, 3.8) is 0 Å². The Labute approximate surface area is 142 Å². The molecule has 1 atom stereocenters. The molecule has 0 saturated carbocycles. The van der Waals surface area contributed by atoms with Crippen molar-refractivity contribution >= 4 is 5.91 Å². The Morgan fingerprint density at radius 2 is 1.74 bits per heavy atom. The zero-order valence-electron chi connectivity index (χ0n) is 15.8. The number of carbonyl (C=O) groups is 1. The first kappa shape index (κ1) is 21.6. The zero-order chi connectivity index (χ0) is 17.8. The third-order valence-electron chi connectivity index (χ3n) is 3.93. The summed E-state index contributed by atoms with van der Waals surface area (Å²) in [7, 11) is 0. The number of fused-ring (bicyclic) bond motifs is 1. The Morgan fingerprint density at radius 1 is 1.13 bits per heavy atom. The molecule has 132 valence electrons. The van der Waals surface area contributed by atoms with Crippen molar-refractivity contribution in [1.82, 2.24) is 4.90 Å². The first-order chi connectivity index (χ1) is 11.1. The summed E-state index contributed by atoms with van der Waals surface area (Å²) in [4.78, 5) is 13.8. The molecule has 0 aromatic heterocycles. The van der Waals surface area contributed by atoms with Gasteiger partial charge in [0, 0.05) is 12.1 Å². The second-order valence-corrected chi connectivity index (χ2v) is 5.50. The Bertz CT molecular complexity index is 457. The quantitative estimate of drug-likeness (QED) is 0.641. The van der Waals surface area contributed by atoms with E-state index < -0.39 is 6.67 Å². The van der Waals surface area contributed by atoms with Crippen LogP contribution in [0.2, 0.25) is 0 Å². The van der Waals surface area contributed by atoms with Gasteiger partial charge in [-0.2, -0.15) is 0 Å². The SMILES string of the molecule is CC.CCC1c2cccc(C)c2C(=O)N1CCF.CCCCC. The van der Waals surface area contributed by atoms with Crippen LogP contribution in [0.4, 0.5) is 4.39 Å². The van der Waals surface area contributed by atoms with Gasteiger partial charge in [-0.05, 0) is 24.5 Å². The standard InChI is InChI=1S/C13H16FNO.C5H12.C2H6/c1-3-11-10-6-4-5-9(2)12(10)13(16)15(11)8-7-14;1-3-5-4-2;1-2/h4-6,11H,3,7-8H2,1-2H3;3-5H2,1-2H3;1-2H3. The maximum absolute atomic E-state index is 12.5. The smallest absolute Gasteiger partial charge is 0.255 e. The molecule has 0 radical (unpaired) electrons. The molecule has 0 N–H and O–H groups in total. The van der Waals surface area contributed by atoms with E-state index in [1.807, 2.05) is 45.9 Å². The second kappa shape index (κ2) is 12.1. The molecule has 0 fully saturated rings. The van der Waals surface area contributed by atoms with Gasteiger partial charge in [-0.15, -0.1) is 0 Å². The first-order valence-corrected chi connectivity index (χ1v) is 9.08. The average Bonchev–Trinajstić information content (AvgIpc) is 2.84. The van der Waals surface area contributed by atoms with Crippen molar-refractivity contribution in [1.29, 1.82) is 0 Å². The van der Waals surface area contributed by atoms with Crippen LogP contribution in [0, 0.1) is 6.92 Å². The van der Waals surface area contributed by atoms with Gasteiger partial charge >= 0.3 is 0 Å². The van der Waals surface area contributed by atoms with E-state index in [4.69, 9.17) is 0 Å². The van der Waals surface area contributed by atoms with Crippen molar-refractivity contribution in [3.05, 3.63) is 34.9 Å². The molecule has 1 aromatic rings. The molecule has 1 heterocycles. The summed E-state index contributed by atoms with van der Waals surface area (Å²) in [5, 5.41) is 0. The molecule has 0 saturated heterocycles. The number of hydrogen-bond acceptors (Lipinski definition) is 1. The van der Waals surface area contributed by atoms with E-state index in [9.17, 15) is 9.18 Å². The molecule has 0 spiro atoms. The van der Waals surface area contributed by atoms with E-state index in [-0.39, 0.29) is 18.5 Å². The Hall–Kier alpha value is -1.38. The number of alkyl halides is 1. The van der Waals surface area contributed by atoms with Gasteiger partial charge in [0.2, 0.25) is 0 Å². The Kier molecular flexibility index (Phi) is 11.4. The van der Waals surface area contributed by atoms with Crippen LogP contribution in [0.15, 0.2) is 18.2 Å². The summed E-state index contributed by atoms with van der Waals surface area (Å²) in [6.07, 6.45) is 4.91. The van der Waals surface area contributed by atoms with Crippen molar-refractivity contribution < 1.29 is 9.18 Å². The molecular formula is C20H34FNO. The van der Waals surface area contributed by atoms with E-state index in [0.29, 0.717) is 0 Å². The monoisotopic (exact) mass is 323 g/mol. The summed E-state index contributed by atoms with van der Waals surface area (Å²) in [6, 6.07) is 5.93. The summed E-state index contributed by atoms with van der Waals surface area (Å²) in [5.41, 5.74) is 2.83. The molecule has 1 amide bonds. The van der Waals surface area contributed by atoms with Gasteiger partial charge in [0.25, 0.3) is 5.91 Å². The van der Waals surface area contributed by atoms with Gasteiger partial charge in [0.05, 0.1) is 6.04 Å². The molecule has 0 aliphatic carbocycles. The highest BCUT2D eigenvalue weighted by Gasteiger charge is 2.35. The lowest BCUT2D eigenvalue weighted by molar-refractivity contribution is 0.0707. The number of rotatable bonds is 5. The van der Waals surface area contributed by atoms with Crippen molar-refractivity contribution in [2.75, 3.05) is 13.2 Å². The van der Waals surface area contributed by atoms with E-state index in [0.717, 1.165) is 23.1 Å². The summed E-state index contributed by atoms with van der Waals surface area (Å²) < 4.78 is 12.5. The van der Waals surface area contributed by atoms with Gasteiger partial charge < -0.3 is 4.90 Å². The summed E-state index contributed by atoms with van der Waals surface area (Å²) in [5.74, 6) is -0.0161. The van der Waals surface area contributed by atoms with Gasteiger partial charge in [0.15, 0.2) is 0 Å². The van der Waals surface area contributed by atoms with Gasteiger partial charge in [0.1, 0.15) is 6.67 Å². The fourth-order valence-electron chi connectivity index (χ4n) is 2.86. The molecule has 1 aromatic carbocycles. The highest BCUT2D eigenvalue weighted by Crippen LogP contribution is 2.36. The summed E-state index contributed by atoms with van der Waals surface area (Å²) in [6.45, 7) is 12.1. The minimum absolute atomic E-state index is 0.0161. The zero-order valence-corrected chi connectivity index (χ0v) is 15.8. The number of aryl methyl sites for hydroxylation is 1. The fourth-order valence-corrected chi connectivity index (χ4v) is 2.86. The molecule has 1 aliphatic rings. The molecule has 1 unspecified atom stereocenters. The fraction of sp³-hybridized carbons (Fsp3) is 0.650. The van der Waals surface area contributed by atoms with Gasteiger partial charge in [-0.3, -0.25) is 4.79 Å². The van der Waals surface area contributed by atoms with Crippen LogP contribution in [0.25, 0.3) is 0 Å². The lowest BCUT2D eigenvalue weighted by Crippen LogP contribution is -2.30. The van der Waals surface area contributed by atoms with E-state index in [1.54, 1.807) is 4.90 Å². The molecule has 2 rings (SSSR count). The Morgan fingerprint density at radius 3 is 2.17 bits per heavy atom. The summed E-state index contributed by atoms with van der Waals surface area (Å²) >= 11 is 0.